The maximum atomic E-state index is 11.4. The Morgan fingerprint density at radius 3 is 2.65 bits per heavy atom. The molecule has 0 atom stereocenters. The van der Waals surface area contributed by atoms with E-state index in [9.17, 15) is 13.0 Å². The van der Waals surface area contributed by atoms with Crippen molar-refractivity contribution in [2.45, 2.75) is 25.2 Å². The van der Waals surface area contributed by atoms with Gasteiger partial charge in [0, 0.05) is 0 Å². The highest BCUT2D eigenvalue weighted by Gasteiger charge is 2.22. The molecule has 2 rings (SSSR count). The molecule has 92 valence electrons. The zero-order valence-corrected chi connectivity index (χ0v) is 10.3. The maximum absolute atomic E-state index is 11.4. The van der Waals surface area contributed by atoms with Gasteiger partial charge in [0.15, 0.2) is 0 Å². The summed E-state index contributed by atoms with van der Waals surface area (Å²) >= 11 is 0. The minimum absolute atomic E-state index is 0.141. The Bertz CT molecular complexity index is 646. The predicted molar refractivity (Wildman–Crippen MR) is 62.2 cm³/mol. The Kier molecular flexibility index (Phi) is 2.88. The highest BCUT2D eigenvalue weighted by molar-refractivity contribution is 7.86. The summed E-state index contributed by atoms with van der Waals surface area (Å²) in [5, 5.41) is 9.93. The van der Waals surface area contributed by atoms with Crippen molar-refractivity contribution in [3.05, 3.63) is 17.7 Å². The van der Waals surface area contributed by atoms with Crippen molar-refractivity contribution in [2.24, 2.45) is 5.92 Å². The lowest BCUT2D eigenvalue weighted by Crippen LogP contribution is -2.06. The van der Waals surface area contributed by atoms with E-state index >= 15 is 0 Å². The topological polar surface area (TPSA) is 95.9 Å². The van der Waals surface area contributed by atoms with Crippen LogP contribution >= 0.6 is 0 Å². The van der Waals surface area contributed by atoms with Gasteiger partial charge in [0.2, 0.25) is 0 Å². The first-order valence-electron chi connectivity index (χ1n) is 5.19. The van der Waals surface area contributed by atoms with Crippen LogP contribution in [0.5, 0.6) is 0 Å². The second-order valence-corrected chi connectivity index (χ2v) is 5.68. The summed E-state index contributed by atoms with van der Waals surface area (Å²) < 4.78 is 32.1. The van der Waals surface area contributed by atoms with E-state index in [0.717, 1.165) is 0 Å². The molecule has 0 amide bonds. The number of nitrogens with one attached hydrogen (secondary N) is 1. The van der Waals surface area contributed by atoms with Crippen LogP contribution in [-0.4, -0.2) is 28.4 Å². The summed E-state index contributed by atoms with van der Waals surface area (Å²) in [6.07, 6.45) is 0.553. The summed E-state index contributed by atoms with van der Waals surface area (Å²) in [7, 11) is -4.30. The van der Waals surface area contributed by atoms with Crippen LogP contribution in [0.1, 0.15) is 19.4 Å². The number of nitrogens with zero attached hydrogens (tertiary/aromatic N) is 2. The minimum Gasteiger partial charge on any atom is -0.282 e. The van der Waals surface area contributed by atoms with Crippen LogP contribution in [0.3, 0.4) is 0 Å². The monoisotopic (exact) mass is 255 g/mol. The zero-order chi connectivity index (χ0) is 12.6. The van der Waals surface area contributed by atoms with Crippen molar-refractivity contribution in [3.8, 4) is 0 Å². The van der Waals surface area contributed by atoms with Crippen LogP contribution < -0.4 is 0 Å². The Hall–Kier alpha value is -1.47. The third kappa shape index (κ3) is 2.29. The lowest BCUT2D eigenvalue weighted by Gasteiger charge is -2.09. The fourth-order valence-electron chi connectivity index (χ4n) is 1.82. The van der Waals surface area contributed by atoms with Gasteiger partial charge in [-0.05, 0) is 24.0 Å². The molecular formula is C10H13N3O3S. The van der Waals surface area contributed by atoms with E-state index in [1.807, 2.05) is 13.8 Å². The molecule has 17 heavy (non-hydrogen) atoms. The Balaban J connectivity index is 2.75. The number of hydrogen-bond acceptors (Lipinski definition) is 4. The molecule has 0 unspecified atom stereocenters. The second kappa shape index (κ2) is 4.08. The zero-order valence-electron chi connectivity index (χ0n) is 9.51. The fourth-order valence-corrected chi connectivity index (χ4v) is 2.70. The fraction of sp³-hybridized carbons (Fsp3) is 0.400. The Labute approximate surface area is 98.8 Å². The molecule has 6 nitrogen and oxygen atoms in total. The Morgan fingerprint density at radius 1 is 1.35 bits per heavy atom. The van der Waals surface area contributed by atoms with E-state index in [4.69, 9.17) is 0 Å². The Morgan fingerprint density at radius 2 is 2.06 bits per heavy atom. The van der Waals surface area contributed by atoms with E-state index in [1.54, 1.807) is 12.1 Å². The van der Waals surface area contributed by atoms with Gasteiger partial charge < -0.3 is 0 Å². The van der Waals surface area contributed by atoms with Crippen LogP contribution in [-0.2, 0) is 16.5 Å². The molecule has 0 saturated carbocycles. The molecule has 1 aromatic heterocycles. The van der Waals surface area contributed by atoms with Gasteiger partial charge in [0.1, 0.15) is 15.9 Å². The molecule has 1 aromatic carbocycles. The number of hydrogen-bond donors (Lipinski definition) is 2. The van der Waals surface area contributed by atoms with Crippen molar-refractivity contribution in [1.82, 2.24) is 15.4 Å². The molecule has 0 aliphatic rings. The van der Waals surface area contributed by atoms with Gasteiger partial charge in [-0.15, -0.1) is 0 Å². The lowest BCUT2D eigenvalue weighted by atomic mass is 10.0. The summed E-state index contributed by atoms with van der Waals surface area (Å²) in [4.78, 5) is -0.141. The van der Waals surface area contributed by atoms with Crippen LogP contribution in [0.15, 0.2) is 17.0 Å². The molecule has 0 aliphatic carbocycles. The van der Waals surface area contributed by atoms with Crippen molar-refractivity contribution in [2.75, 3.05) is 0 Å². The number of rotatable bonds is 3. The maximum Gasteiger partial charge on any atom is 0.297 e. The smallest absolute Gasteiger partial charge is 0.282 e. The predicted octanol–water partition coefficient (Wildman–Crippen LogP) is 1.40. The third-order valence-corrected chi connectivity index (χ3v) is 3.38. The first-order valence-corrected chi connectivity index (χ1v) is 6.63. The van der Waals surface area contributed by atoms with Gasteiger partial charge in [-0.3, -0.25) is 4.55 Å². The summed E-state index contributed by atoms with van der Waals surface area (Å²) in [5.41, 5.74) is 1.17. The molecule has 0 aliphatic heterocycles. The first-order chi connectivity index (χ1) is 7.89. The average molecular weight is 255 g/mol. The molecule has 1 heterocycles. The number of H-pyrrole nitrogens is 1. The summed E-state index contributed by atoms with van der Waals surface area (Å²) in [6, 6.07) is 3.35. The molecule has 2 N–H and O–H groups in total. The molecule has 0 fully saturated rings. The van der Waals surface area contributed by atoms with Gasteiger partial charge in [-0.2, -0.15) is 23.8 Å². The summed E-state index contributed by atoms with van der Waals surface area (Å²) in [6.45, 7) is 3.95. The van der Waals surface area contributed by atoms with Crippen LogP contribution in [0, 0.1) is 5.92 Å². The number of aromatic nitrogens is 3. The van der Waals surface area contributed by atoms with E-state index in [2.05, 4.69) is 15.4 Å². The standard InChI is InChI=1S/C10H13N3O3S/c1-6(2)5-7-3-4-8-9(12-13-11-8)10(7)17(14,15)16/h3-4,6H,5H2,1-2H3,(H,11,12,13)(H,14,15,16). The third-order valence-electron chi connectivity index (χ3n) is 2.41. The number of benzene rings is 1. The van der Waals surface area contributed by atoms with E-state index in [-0.39, 0.29) is 16.3 Å². The van der Waals surface area contributed by atoms with Gasteiger partial charge in [-0.25, -0.2) is 0 Å². The molecule has 0 bridgehead atoms. The van der Waals surface area contributed by atoms with Gasteiger partial charge in [-0.1, -0.05) is 19.9 Å². The van der Waals surface area contributed by atoms with Crippen molar-refractivity contribution in [1.29, 1.82) is 0 Å². The lowest BCUT2D eigenvalue weighted by molar-refractivity contribution is 0.482. The van der Waals surface area contributed by atoms with Crippen LogP contribution in [0.2, 0.25) is 0 Å². The van der Waals surface area contributed by atoms with E-state index in [0.29, 0.717) is 17.5 Å². The molecule has 2 aromatic rings. The van der Waals surface area contributed by atoms with Crippen LogP contribution in [0.4, 0.5) is 0 Å². The van der Waals surface area contributed by atoms with Crippen molar-refractivity contribution >= 4 is 21.2 Å². The van der Waals surface area contributed by atoms with Gasteiger partial charge in [0.25, 0.3) is 10.1 Å². The van der Waals surface area contributed by atoms with E-state index < -0.39 is 10.1 Å². The highest BCUT2D eigenvalue weighted by Crippen LogP contribution is 2.25. The first kappa shape index (κ1) is 12.0. The molecule has 0 spiro atoms. The normalized spacial score (nSPS) is 12.5. The number of fused-ring (bicyclic) bond motifs is 1. The minimum atomic E-state index is -4.30. The van der Waals surface area contributed by atoms with Crippen LogP contribution in [0.25, 0.3) is 11.0 Å². The largest absolute Gasteiger partial charge is 0.297 e. The molecular weight excluding hydrogens is 242 g/mol. The summed E-state index contributed by atoms with van der Waals surface area (Å²) in [5.74, 6) is 0.278. The van der Waals surface area contributed by atoms with Crippen molar-refractivity contribution in [3.63, 3.8) is 0 Å². The van der Waals surface area contributed by atoms with Crippen molar-refractivity contribution < 1.29 is 13.0 Å². The second-order valence-electron chi connectivity index (χ2n) is 4.32. The molecule has 7 heteroatoms. The SMILES string of the molecule is CC(C)Cc1ccc2n[nH]nc2c1S(=O)(=O)O. The van der Waals surface area contributed by atoms with Gasteiger partial charge >= 0.3 is 0 Å². The van der Waals surface area contributed by atoms with E-state index in [1.165, 1.54) is 0 Å². The average Bonchev–Trinajstić information content (AvgIpc) is 2.61. The molecule has 0 saturated heterocycles. The highest BCUT2D eigenvalue weighted by atomic mass is 32.2. The number of aromatic amines is 1. The molecule has 0 radical (unpaired) electrons. The van der Waals surface area contributed by atoms with Gasteiger partial charge in [0.05, 0.1) is 0 Å². The quantitative estimate of drug-likeness (QED) is 0.808.